The van der Waals surface area contributed by atoms with Crippen molar-refractivity contribution in [3.05, 3.63) is 194 Å². The molecule has 0 N–H and O–H groups in total. The fraction of sp³-hybridized carbons (Fsp3) is 0.493. The van der Waals surface area contributed by atoms with Gasteiger partial charge in [0.15, 0.2) is 0 Å². The Morgan fingerprint density at radius 1 is 0.761 bits per heavy atom. The SMILES string of the molecule is CC1=C2C(N(C3=CCC(C(C)(C)C)C=C3)C3CC=CC4C5C=CCCC5OC43)=C3C=C4C5=C(C=C(N(c6ccc(C(C)(C)C)cc6)C6CC=CC7=C6OC6C=CC=CC76)C6CCC(=C3C56)C12)CCC4(C)C. The summed E-state index contributed by atoms with van der Waals surface area (Å²) < 4.78 is 14.5. The van der Waals surface area contributed by atoms with E-state index in [0.29, 0.717) is 41.6 Å². The third-order valence-corrected chi connectivity index (χ3v) is 20.0. The molecule has 2 heterocycles. The van der Waals surface area contributed by atoms with Gasteiger partial charge in [-0.25, -0.2) is 0 Å². The first kappa shape index (κ1) is 44.6. The van der Waals surface area contributed by atoms with E-state index in [9.17, 15) is 0 Å². The van der Waals surface area contributed by atoms with E-state index >= 15 is 0 Å². The molecule has 0 amide bonds. The van der Waals surface area contributed by atoms with Crippen molar-refractivity contribution in [3.63, 3.8) is 0 Å². The highest BCUT2D eigenvalue weighted by atomic mass is 16.5. The topological polar surface area (TPSA) is 24.9 Å². The molecule has 1 saturated heterocycles. The molecule has 0 aromatic heterocycles. The Labute approximate surface area is 425 Å². The Kier molecular flexibility index (Phi) is 9.88. The first-order valence-electron chi connectivity index (χ1n) is 28.0. The van der Waals surface area contributed by atoms with Gasteiger partial charge >= 0.3 is 0 Å². The lowest BCUT2D eigenvalue weighted by Gasteiger charge is -2.54. The number of nitrogens with zero attached hydrogens (tertiary/aromatic N) is 2. The molecule has 1 fully saturated rings. The largest absolute Gasteiger partial charge is 0.487 e. The summed E-state index contributed by atoms with van der Waals surface area (Å²) in [4.78, 5) is 5.72. The van der Waals surface area contributed by atoms with Gasteiger partial charge < -0.3 is 19.3 Å². The lowest BCUT2D eigenvalue weighted by Crippen LogP contribution is -2.49. The molecule has 0 saturated carbocycles. The van der Waals surface area contributed by atoms with Crippen LogP contribution in [0.25, 0.3) is 0 Å². The van der Waals surface area contributed by atoms with E-state index < -0.39 is 0 Å². The fourth-order valence-corrected chi connectivity index (χ4v) is 16.1. The molecule has 4 heteroatoms. The van der Waals surface area contributed by atoms with Gasteiger partial charge in [0.2, 0.25) is 0 Å². The lowest BCUT2D eigenvalue weighted by molar-refractivity contribution is -0.0119. The van der Waals surface area contributed by atoms with Crippen molar-refractivity contribution in [2.45, 2.75) is 156 Å². The maximum atomic E-state index is 7.38. The number of allylic oxidation sites excluding steroid dienone is 18. The van der Waals surface area contributed by atoms with Crippen molar-refractivity contribution >= 4 is 5.69 Å². The van der Waals surface area contributed by atoms with Crippen LogP contribution in [0.15, 0.2) is 188 Å². The molecule has 0 radical (unpaired) electrons. The Balaban J connectivity index is 0.954. The maximum Gasteiger partial charge on any atom is 0.127 e. The minimum Gasteiger partial charge on any atom is -0.487 e. The molecule has 1 aromatic rings. The first-order chi connectivity index (χ1) is 34.2. The van der Waals surface area contributed by atoms with Crippen LogP contribution in [0, 0.1) is 52.3 Å². The molecule has 13 aliphatic rings. The molecule has 4 nitrogen and oxygen atoms in total. The standard InChI is InChI=1S/C67H76N2O2/c1-38-57-49-33-32-48-54(68(42-28-24-40(25-29-42)65(2,3)4)52-20-14-18-46-44-16-10-12-22-55(44)70-63(46)52)36-39-34-35-67(8,9)51-37-50(60(49)61(48)59(39)51)62(58(38)57)69(43-30-26-41(27-31-43)66(5,6)7)53-21-15-19-47-45-17-11-13-23-56(45)71-64(47)53/h10-12,14-19,22,24-26,28-31,36-37,41,44-45,47-48,52-53,55-57,61,64H,13,20-21,23,27,32-35H2,1-9H3. The van der Waals surface area contributed by atoms with Gasteiger partial charge in [-0.15, -0.1) is 0 Å². The highest BCUT2D eigenvalue weighted by molar-refractivity contribution is 5.78. The Bertz CT molecular complexity index is 2980. The molecule has 0 spiro atoms. The highest BCUT2D eigenvalue weighted by Crippen LogP contribution is 2.68. The van der Waals surface area contributed by atoms with Crippen LogP contribution < -0.4 is 4.90 Å². The van der Waals surface area contributed by atoms with Gasteiger partial charge in [-0.3, -0.25) is 0 Å². The molecule has 71 heavy (non-hydrogen) atoms. The van der Waals surface area contributed by atoms with Crippen molar-refractivity contribution in [3.8, 4) is 0 Å². The van der Waals surface area contributed by atoms with Crippen LogP contribution in [0.3, 0.4) is 0 Å². The average molecular weight is 941 g/mol. The second-order valence-corrected chi connectivity index (χ2v) is 26.4. The predicted octanol–water partition coefficient (Wildman–Crippen LogP) is 15.5. The molecule has 12 unspecified atom stereocenters. The third kappa shape index (κ3) is 6.70. The van der Waals surface area contributed by atoms with E-state index in [4.69, 9.17) is 9.47 Å². The molecular formula is C67H76N2O2. The summed E-state index contributed by atoms with van der Waals surface area (Å²) in [6.07, 6.45) is 47.4. The molecule has 12 atom stereocenters. The Hall–Kier alpha value is -5.06. The van der Waals surface area contributed by atoms with Gasteiger partial charge in [-0.1, -0.05) is 146 Å². The zero-order valence-electron chi connectivity index (χ0n) is 44.0. The van der Waals surface area contributed by atoms with Crippen LogP contribution >= 0.6 is 0 Å². The van der Waals surface area contributed by atoms with Gasteiger partial charge in [0.05, 0.1) is 30.0 Å². The molecular weight excluding hydrogens is 865 g/mol. The van der Waals surface area contributed by atoms with Gasteiger partial charge in [-0.2, -0.15) is 0 Å². The number of ether oxygens (including phenoxy) is 2. The third-order valence-electron chi connectivity index (χ3n) is 20.0. The van der Waals surface area contributed by atoms with Crippen LogP contribution in [-0.4, -0.2) is 35.3 Å². The van der Waals surface area contributed by atoms with Crippen molar-refractivity contribution in [2.75, 3.05) is 4.90 Å². The number of rotatable bonds is 6. The monoisotopic (exact) mass is 941 g/mol. The zero-order valence-corrected chi connectivity index (χ0v) is 44.0. The molecule has 11 aliphatic carbocycles. The normalized spacial score (nSPS) is 36.4. The summed E-state index contributed by atoms with van der Waals surface area (Å²) in [6.45, 7) is 21.9. The van der Waals surface area contributed by atoms with Gasteiger partial charge in [0.25, 0.3) is 0 Å². The van der Waals surface area contributed by atoms with E-state index in [-0.39, 0.29) is 46.5 Å². The number of fused-ring (bicyclic) bond motifs is 7. The quantitative estimate of drug-likeness (QED) is 0.265. The Morgan fingerprint density at radius 3 is 2.37 bits per heavy atom. The highest BCUT2D eigenvalue weighted by Gasteiger charge is 2.58. The van der Waals surface area contributed by atoms with Crippen molar-refractivity contribution in [2.24, 2.45) is 52.3 Å². The Morgan fingerprint density at radius 2 is 1.58 bits per heavy atom. The lowest BCUT2D eigenvalue weighted by atomic mass is 9.53. The summed E-state index contributed by atoms with van der Waals surface area (Å²) in [5.74, 6) is 3.91. The van der Waals surface area contributed by atoms with Gasteiger partial charge in [0.1, 0.15) is 11.9 Å². The van der Waals surface area contributed by atoms with Gasteiger partial charge in [0, 0.05) is 63.7 Å². The van der Waals surface area contributed by atoms with Crippen molar-refractivity contribution in [1.82, 2.24) is 4.90 Å². The van der Waals surface area contributed by atoms with Crippen molar-refractivity contribution < 1.29 is 9.47 Å². The van der Waals surface area contributed by atoms with E-state index in [1.54, 1.807) is 39.0 Å². The summed E-state index contributed by atoms with van der Waals surface area (Å²) in [6, 6.07) is 10.0. The van der Waals surface area contributed by atoms with Crippen LogP contribution in [0.5, 0.6) is 0 Å². The van der Waals surface area contributed by atoms with Crippen LogP contribution in [0.4, 0.5) is 5.69 Å². The number of benzene rings is 1. The second kappa shape index (κ2) is 15.7. The van der Waals surface area contributed by atoms with E-state index in [2.05, 4.69) is 188 Å². The summed E-state index contributed by atoms with van der Waals surface area (Å²) in [7, 11) is 0. The molecule has 1 aromatic carbocycles. The van der Waals surface area contributed by atoms with E-state index in [0.717, 1.165) is 57.8 Å². The smallest absolute Gasteiger partial charge is 0.127 e. The van der Waals surface area contributed by atoms with Crippen LogP contribution in [-0.2, 0) is 14.9 Å². The first-order valence-corrected chi connectivity index (χ1v) is 28.0. The number of hydrogen-bond acceptors (Lipinski definition) is 4. The summed E-state index contributed by atoms with van der Waals surface area (Å²) >= 11 is 0. The average Bonchev–Trinajstić information content (AvgIpc) is 3.66. The summed E-state index contributed by atoms with van der Waals surface area (Å²) in [5.41, 5.74) is 21.8. The van der Waals surface area contributed by atoms with E-state index in [1.807, 2.05) is 0 Å². The number of anilines is 1. The molecule has 2 aliphatic heterocycles. The maximum absolute atomic E-state index is 7.38. The van der Waals surface area contributed by atoms with Crippen LogP contribution in [0.1, 0.15) is 126 Å². The van der Waals surface area contributed by atoms with E-state index in [1.165, 1.54) is 45.2 Å². The molecule has 14 rings (SSSR count). The zero-order chi connectivity index (χ0) is 48.5. The number of hydrogen-bond donors (Lipinski definition) is 0. The van der Waals surface area contributed by atoms with Crippen molar-refractivity contribution in [1.29, 1.82) is 0 Å². The fourth-order valence-electron chi connectivity index (χ4n) is 16.1. The van der Waals surface area contributed by atoms with Gasteiger partial charge in [-0.05, 0) is 157 Å². The second-order valence-electron chi connectivity index (χ2n) is 26.4. The summed E-state index contributed by atoms with van der Waals surface area (Å²) in [5, 5.41) is 0. The molecule has 0 bridgehead atoms. The van der Waals surface area contributed by atoms with Crippen LogP contribution in [0.2, 0.25) is 0 Å². The minimum absolute atomic E-state index is 0.0577. The minimum atomic E-state index is 0.0577. The molecule has 366 valence electrons. The predicted molar refractivity (Wildman–Crippen MR) is 290 cm³/mol.